The van der Waals surface area contributed by atoms with Crippen molar-refractivity contribution in [1.29, 1.82) is 0 Å². The van der Waals surface area contributed by atoms with Gasteiger partial charge in [-0.1, -0.05) is 11.8 Å². The molecular formula is C8H6N6O4S. The van der Waals surface area contributed by atoms with Gasteiger partial charge in [0.2, 0.25) is 5.16 Å². The average molecular weight is 282 g/mol. The highest BCUT2D eigenvalue weighted by atomic mass is 32.2. The molecule has 11 heteroatoms. The summed E-state index contributed by atoms with van der Waals surface area (Å²) in [6, 6.07) is 3.47. The Hall–Kier alpha value is -2.56. The minimum atomic E-state index is -0.671. The molecule has 0 atom stereocenters. The number of H-pyrrole nitrogens is 1. The molecule has 1 heterocycles. The van der Waals surface area contributed by atoms with Crippen LogP contribution in [0.15, 0.2) is 23.4 Å². The first-order chi connectivity index (χ1) is 9.06. The summed E-state index contributed by atoms with van der Waals surface area (Å²) in [5, 5.41) is 34.7. The SMILES string of the molecule is O=[N+]([O-])c1cc(CSc2nn[nH]n2)cc([N+](=O)[O-])c1. The van der Waals surface area contributed by atoms with Gasteiger partial charge in [-0.05, 0) is 10.8 Å². The van der Waals surface area contributed by atoms with E-state index in [1.807, 2.05) is 0 Å². The van der Waals surface area contributed by atoms with Crippen LogP contribution in [-0.2, 0) is 5.75 Å². The molecule has 0 saturated carbocycles. The first-order valence-electron chi connectivity index (χ1n) is 4.85. The van der Waals surface area contributed by atoms with E-state index in [-0.39, 0.29) is 17.1 Å². The molecule has 0 amide bonds. The molecule has 0 saturated heterocycles. The Balaban J connectivity index is 2.23. The third-order valence-corrected chi connectivity index (χ3v) is 2.99. The van der Waals surface area contributed by atoms with Gasteiger partial charge in [-0.3, -0.25) is 20.2 Å². The lowest BCUT2D eigenvalue weighted by atomic mass is 10.2. The number of tetrazole rings is 1. The van der Waals surface area contributed by atoms with Gasteiger partial charge < -0.3 is 0 Å². The maximum Gasteiger partial charge on any atom is 0.276 e. The van der Waals surface area contributed by atoms with Crippen molar-refractivity contribution >= 4 is 23.1 Å². The molecule has 2 aromatic rings. The highest BCUT2D eigenvalue weighted by molar-refractivity contribution is 7.98. The van der Waals surface area contributed by atoms with Gasteiger partial charge in [0.25, 0.3) is 11.4 Å². The summed E-state index contributed by atoms with van der Waals surface area (Å²) < 4.78 is 0. The molecule has 0 aliphatic carbocycles. The van der Waals surface area contributed by atoms with E-state index in [9.17, 15) is 20.2 Å². The Bertz CT molecular complexity index is 583. The number of non-ortho nitro benzene ring substituents is 2. The lowest BCUT2D eigenvalue weighted by Crippen LogP contribution is -1.95. The zero-order chi connectivity index (χ0) is 13.8. The van der Waals surface area contributed by atoms with E-state index in [1.165, 1.54) is 12.1 Å². The van der Waals surface area contributed by atoms with E-state index in [4.69, 9.17) is 0 Å². The van der Waals surface area contributed by atoms with Gasteiger partial charge >= 0.3 is 0 Å². The van der Waals surface area contributed by atoms with Gasteiger partial charge in [-0.15, -0.1) is 10.2 Å². The van der Waals surface area contributed by atoms with Crippen molar-refractivity contribution in [1.82, 2.24) is 20.6 Å². The number of nitrogens with one attached hydrogen (secondary N) is 1. The third kappa shape index (κ3) is 3.22. The second-order valence-electron chi connectivity index (χ2n) is 3.35. The standard InChI is InChI=1S/C8H6N6O4S/c15-13(16)6-1-5(2-7(3-6)14(17)18)4-19-8-9-11-12-10-8/h1-3H,4H2,(H,9,10,11,12). The molecule has 10 nitrogen and oxygen atoms in total. The largest absolute Gasteiger partial charge is 0.276 e. The fourth-order valence-corrected chi connectivity index (χ4v) is 1.98. The Morgan fingerprint density at radius 1 is 1.16 bits per heavy atom. The van der Waals surface area contributed by atoms with Gasteiger partial charge in [0.05, 0.1) is 15.9 Å². The van der Waals surface area contributed by atoms with Crippen LogP contribution < -0.4 is 0 Å². The maximum atomic E-state index is 10.7. The van der Waals surface area contributed by atoms with Gasteiger partial charge in [0.1, 0.15) is 0 Å². The second kappa shape index (κ2) is 5.39. The molecule has 0 aliphatic rings. The van der Waals surface area contributed by atoms with Crippen molar-refractivity contribution in [3.8, 4) is 0 Å². The van der Waals surface area contributed by atoms with Gasteiger partial charge in [-0.2, -0.15) is 5.21 Å². The van der Waals surface area contributed by atoms with E-state index in [2.05, 4.69) is 20.6 Å². The van der Waals surface area contributed by atoms with Crippen LogP contribution in [0.3, 0.4) is 0 Å². The van der Waals surface area contributed by atoms with E-state index >= 15 is 0 Å². The summed E-state index contributed by atoms with van der Waals surface area (Å²) in [6.45, 7) is 0. The van der Waals surface area contributed by atoms with E-state index in [0.29, 0.717) is 10.7 Å². The van der Waals surface area contributed by atoms with Crippen LogP contribution in [0.5, 0.6) is 0 Å². The molecular weight excluding hydrogens is 276 g/mol. The van der Waals surface area contributed by atoms with Crippen molar-refractivity contribution in [2.45, 2.75) is 10.9 Å². The van der Waals surface area contributed by atoms with Crippen molar-refractivity contribution in [2.24, 2.45) is 0 Å². The van der Waals surface area contributed by atoms with Crippen molar-refractivity contribution in [2.75, 3.05) is 0 Å². The Morgan fingerprint density at radius 2 is 1.79 bits per heavy atom. The quantitative estimate of drug-likeness (QED) is 0.491. The van der Waals surface area contributed by atoms with Crippen LogP contribution in [0.25, 0.3) is 0 Å². The third-order valence-electron chi connectivity index (χ3n) is 2.08. The monoisotopic (exact) mass is 282 g/mol. The van der Waals surface area contributed by atoms with Crippen molar-refractivity contribution < 1.29 is 9.85 Å². The van der Waals surface area contributed by atoms with Crippen molar-refractivity contribution in [3.05, 3.63) is 44.0 Å². The smallest absolute Gasteiger partial charge is 0.258 e. The zero-order valence-electron chi connectivity index (χ0n) is 9.22. The lowest BCUT2D eigenvalue weighted by Gasteiger charge is -1.99. The summed E-state index contributed by atoms with van der Waals surface area (Å²) >= 11 is 1.16. The maximum absolute atomic E-state index is 10.7. The highest BCUT2D eigenvalue weighted by Gasteiger charge is 2.16. The fourth-order valence-electron chi connectivity index (χ4n) is 1.31. The number of nitro benzene ring substituents is 2. The first kappa shape index (κ1) is 12.9. The number of aromatic nitrogens is 4. The number of hydrogen-bond donors (Lipinski definition) is 1. The number of benzene rings is 1. The number of thioether (sulfide) groups is 1. The minimum absolute atomic E-state index is 0.266. The average Bonchev–Trinajstić information content (AvgIpc) is 2.89. The highest BCUT2D eigenvalue weighted by Crippen LogP contribution is 2.26. The summed E-state index contributed by atoms with van der Waals surface area (Å²) in [5.41, 5.74) is -0.202. The second-order valence-corrected chi connectivity index (χ2v) is 4.30. The van der Waals surface area contributed by atoms with Gasteiger partial charge in [0.15, 0.2) is 0 Å². The number of nitrogens with zero attached hydrogens (tertiary/aromatic N) is 5. The molecule has 2 rings (SSSR count). The van der Waals surface area contributed by atoms with Crippen molar-refractivity contribution in [3.63, 3.8) is 0 Å². The molecule has 19 heavy (non-hydrogen) atoms. The topological polar surface area (TPSA) is 141 Å². The van der Waals surface area contributed by atoms with Crippen LogP contribution in [-0.4, -0.2) is 30.5 Å². The molecule has 0 fully saturated rings. The Labute approximate surface area is 109 Å². The zero-order valence-corrected chi connectivity index (χ0v) is 10.0. The molecule has 1 aromatic heterocycles. The van der Waals surface area contributed by atoms with E-state index < -0.39 is 9.85 Å². The van der Waals surface area contributed by atoms with Crippen LogP contribution in [0.2, 0.25) is 0 Å². The molecule has 0 aliphatic heterocycles. The fraction of sp³-hybridized carbons (Fsp3) is 0.125. The molecule has 1 aromatic carbocycles. The molecule has 0 spiro atoms. The number of aromatic amines is 1. The van der Waals surface area contributed by atoms with Crippen LogP contribution in [0, 0.1) is 20.2 Å². The number of hydrogen-bond acceptors (Lipinski definition) is 8. The van der Waals surface area contributed by atoms with Crippen LogP contribution >= 0.6 is 11.8 Å². The molecule has 0 radical (unpaired) electrons. The minimum Gasteiger partial charge on any atom is -0.258 e. The predicted octanol–water partition coefficient (Wildman–Crippen LogP) is 1.31. The summed E-state index contributed by atoms with van der Waals surface area (Å²) in [4.78, 5) is 20.1. The molecule has 0 unspecified atom stereocenters. The predicted molar refractivity (Wildman–Crippen MR) is 63.5 cm³/mol. The lowest BCUT2D eigenvalue weighted by molar-refractivity contribution is -0.394. The van der Waals surface area contributed by atoms with Crippen LogP contribution in [0.1, 0.15) is 5.56 Å². The van der Waals surface area contributed by atoms with E-state index in [1.54, 1.807) is 0 Å². The number of rotatable bonds is 5. The molecule has 1 N–H and O–H groups in total. The van der Waals surface area contributed by atoms with Gasteiger partial charge in [-0.25, -0.2) is 0 Å². The summed E-state index contributed by atoms with van der Waals surface area (Å²) in [5.74, 6) is 0.266. The number of nitro groups is 2. The summed E-state index contributed by atoms with van der Waals surface area (Å²) in [7, 11) is 0. The Kier molecular flexibility index (Phi) is 3.66. The van der Waals surface area contributed by atoms with Crippen LogP contribution in [0.4, 0.5) is 11.4 Å². The van der Waals surface area contributed by atoms with E-state index in [0.717, 1.165) is 17.8 Å². The van der Waals surface area contributed by atoms with Gasteiger partial charge in [0, 0.05) is 17.9 Å². The first-order valence-corrected chi connectivity index (χ1v) is 5.84. The Morgan fingerprint density at radius 3 is 2.26 bits per heavy atom. The molecule has 0 bridgehead atoms. The molecule has 98 valence electrons. The summed E-state index contributed by atoms with van der Waals surface area (Å²) in [6.07, 6.45) is 0. The normalized spacial score (nSPS) is 10.3.